The lowest BCUT2D eigenvalue weighted by Crippen LogP contribution is -2.26. The first kappa shape index (κ1) is 13.8. The Morgan fingerprint density at radius 2 is 1.58 bits per heavy atom. The Labute approximate surface area is 122 Å². The van der Waals surface area contributed by atoms with Crippen LogP contribution in [0.2, 0.25) is 0 Å². The highest BCUT2D eigenvalue weighted by atomic mass is 79.9. The molecule has 1 amide bonds. The zero-order valence-corrected chi connectivity index (χ0v) is 12.9. The van der Waals surface area contributed by atoms with Gasteiger partial charge in [0.2, 0.25) is 0 Å². The highest BCUT2D eigenvalue weighted by molar-refractivity contribution is 9.10. The van der Waals surface area contributed by atoms with Crippen LogP contribution in [0.5, 0.6) is 0 Å². The van der Waals surface area contributed by atoms with Crippen LogP contribution in [0.25, 0.3) is 0 Å². The number of carbonyl (C=O) groups is 1. The molecule has 3 heteroatoms. The molecule has 0 aliphatic rings. The fourth-order valence-electron chi connectivity index (χ4n) is 1.86. The first-order valence-electron chi connectivity index (χ1n) is 6.10. The topological polar surface area (TPSA) is 20.3 Å². The molecule has 0 saturated heterocycles. The number of hydrogen-bond acceptors (Lipinski definition) is 1. The van der Waals surface area contributed by atoms with Gasteiger partial charge in [0.25, 0.3) is 5.91 Å². The van der Waals surface area contributed by atoms with Crippen molar-refractivity contribution in [1.82, 2.24) is 0 Å². The van der Waals surface area contributed by atoms with Crippen molar-refractivity contribution in [3.63, 3.8) is 0 Å². The van der Waals surface area contributed by atoms with Gasteiger partial charge in [0.15, 0.2) is 0 Å². The Morgan fingerprint density at radius 3 is 2.16 bits per heavy atom. The molecule has 0 radical (unpaired) electrons. The molecule has 0 unspecified atom stereocenters. The summed E-state index contributed by atoms with van der Waals surface area (Å²) in [5.74, 6) is -0.0178. The van der Waals surface area contributed by atoms with Gasteiger partial charge >= 0.3 is 0 Å². The maximum absolute atomic E-state index is 12.5. The average Bonchev–Trinajstić information content (AvgIpc) is 2.38. The summed E-state index contributed by atoms with van der Waals surface area (Å²) >= 11 is 3.45. The molecule has 0 atom stereocenters. The highest BCUT2D eigenvalue weighted by Gasteiger charge is 2.16. The van der Waals surface area contributed by atoms with E-state index in [1.165, 1.54) is 5.56 Å². The van der Waals surface area contributed by atoms with Gasteiger partial charge in [-0.15, -0.1) is 0 Å². The number of carbonyl (C=O) groups excluding carboxylic acids is 1. The van der Waals surface area contributed by atoms with E-state index in [9.17, 15) is 4.79 Å². The predicted molar refractivity (Wildman–Crippen MR) is 82.8 cm³/mol. The summed E-state index contributed by atoms with van der Waals surface area (Å²) < 4.78 is 0.830. The molecule has 0 heterocycles. The third-order valence-corrected chi connectivity index (χ3v) is 3.74. The minimum Gasteiger partial charge on any atom is -0.311 e. The molecular formula is C16H16BrNO. The number of aryl methyl sites for hydroxylation is 2. The van der Waals surface area contributed by atoms with Gasteiger partial charge in [0.1, 0.15) is 0 Å². The fraction of sp³-hybridized carbons (Fsp3) is 0.188. The van der Waals surface area contributed by atoms with E-state index in [1.54, 1.807) is 11.9 Å². The fourth-order valence-corrected chi connectivity index (χ4v) is 2.52. The maximum Gasteiger partial charge on any atom is 0.259 e. The Kier molecular flexibility index (Phi) is 4.05. The van der Waals surface area contributed by atoms with Crippen molar-refractivity contribution in [3.8, 4) is 0 Å². The van der Waals surface area contributed by atoms with Crippen molar-refractivity contribution in [3.05, 3.63) is 63.6 Å². The Hall–Kier alpha value is -1.61. The van der Waals surface area contributed by atoms with Gasteiger partial charge in [0, 0.05) is 17.2 Å². The highest BCUT2D eigenvalue weighted by Crippen LogP contribution is 2.22. The van der Waals surface area contributed by atoms with Crippen LogP contribution in [0.3, 0.4) is 0 Å². The summed E-state index contributed by atoms with van der Waals surface area (Å²) in [4.78, 5) is 14.1. The van der Waals surface area contributed by atoms with Crippen LogP contribution in [0.15, 0.2) is 46.9 Å². The summed E-state index contributed by atoms with van der Waals surface area (Å²) in [6.07, 6.45) is 0. The lowest BCUT2D eigenvalue weighted by molar-refractivity contribution is 0.0992. The van der Waals surface area contributed by atoms with Crippen molar-refractivity contribution in [2.75, 3.05) is 11.9 Å². The standard InChI is InChI=1S/C16H16BrNO/c1-11-4-7-13(8-5-11)18(3)16(19)14-9-6-12(2)10-15(14)17/h4-10H,1-3H3. The van der Waals surface area contributed by atoms with E-state index in [2.05, 4.69) is 15.9 Å². The number of hydrogen-bond donors (Lipinski definition) is 0. The summed E-state index contributed by atoms with van der Waals surface area (Å²) in [6, 6.07) is 13.7. The number of halogens is 1. The molecule has 2 aromatic carbocycles. The van der Waals surface area contributed by atoms with E-state index in [0.717, 1.165) is 15.7 Å². The Balaban J connectivity index is 2.30. The van der Waals surface area contributed by atoms with Crippen molar-refractivity contribution in [2.45, 2.75) is 13.8 Å². The van der Waals surface area contributed by atoms with Crippen LogP contribution < -0.4 is 4.90 Å². The molecule has 2 rings (SSSR count). The molecular weight excluding hydrogens is 302 g/mol. The molecule has 19 heavy (non-hydrogen) atoms. The van der Waals surface area contributed by atoms with E-state index < -0.39 is 0 Å². The molecule has 2 nitrogen and oxygen atoms in total. The maximum atomic E-state index is 12.5. The van der Waals surface area contributed by atoms with Gasteiger partial charge in [-0.05, 0) is 59.6 Å². The van der Waals surface area contributed by atoms with Crippen LogP contribution in [-0.4, -0.2) is 13.0 Å². The minimum atomic E-state index is -0.0178. The van der Waals surface area contributed by atoms with E-state index >= 15 is 0 Å². The zero-order valence-electron chi connectivity index (χ0n) is 11.3. The molecule has 2 aromatic rings. The number of nitrogens with zero attached hydrogens (tertiary/aromatic N) is 1. The van der Waals surface area contributed by atoms with Gasteiger partial charge in [-0.1, -0.05) is 23.8 Å². The molecule has 0 aliphatic carbocycles. The van der Waals surface area contributed by atoms with Crippen molar-refractivity contribution in [1.29, 1.82) is 0 Å². The monoisotopic (exact) mass is 317 g/mol. The van der Waals surface area contributed by atoms with Crippen LogP contribution in [0, 0.1) is 13.8 Å². The first-order valence-corrected chi connectivity index (χ1v) is 6.89. The molecule has 98 valence electrons. The summed E-state index contributed by atoms with van der Waals surface area (Å²) in [5, 5.41) is 0. The molecule has 0 fully saturated rings. The second kappa shape index (κ2) is 5.57. The molecule has 0 N–H and O–H groups in total. The van der Waals surface area contributed by atoms with Crippen LogP contribution in [0.4, 0.5) is 5.69 Å². The van der Waals surface area contributed by atoms with Crippen LogP contribution >= 0.6 is 15.9 Å². The normalized spacial score (nSPS) is 10.3. The largest absolute Gasteiger partial charge is 0.311 e. The third kappa shape index (κ3) is 3.04. The predicted octanol–water partition coefficient (Wildman–Crippen LogP) is 4.34. The number of rotatable bonds is 2. The van der Waals surface area contributed by atoms with Crippen LogP contribution in [-0.2, 0) is 0 Å². The molecule has 0 saturated carbocycles. The zero-order chi connectivity index (χ0) is 14.0. The lowest BCUT2D eigenvalue weighted by Gasteiger charge is -2.18. The van der Waals surface area contributed by atoms with Gasteiger partial charge in [-0.3, -0.25) is 4.79 Å². The van der Waals surface area contributed by atoms with Gasteiger partial charge in [0.05, 0.1) is 5.56 Å². The average molecular weight is 318 g/mol. The van der Waals surface area contributed by atoms with Gasteiger partial charge in [-0.25, -0.2) is 0 Å². The molecule has 0 spiro atoms. The first-order chi connectivity index (χ1) is 8.99. The van der Waals surface area contributed by atoms with E-state index in [1.807, 2.05) is 56.3 Å². The van der Waals surface area contributed by atoms with Gasteiger partial charge in [-0.2, -0.15) is 0 Å². The SMILES string of the molecule is Cc1ccc(N(C)C(=O)c2ccc(C)cc2Br)cc1. The smallest absolute Gasteiger partial charge is 0.259 e. The molecule has 0 bridgehead atoms. The molecule has 0 aromatic heterocycles. The van der Waals surface area contributed by atoms with E-state index in [0.29, 0.717) is 5.56 Å². The second-order valence-corrected chi connectivity index (χ2v) is 5.54. The van der Waals surface area contributed by atoms with Crippen LogP contribution in [0.1, 0.15) is 21.5 Å². The number of benzene rings is 2. The third-order valence-electron chi connectivity index (χ3n) is 3.08. The number of amides is 1. The summed E-state index contributed by atoms with van der Waals surface area (Å²) in [5.41, 5.74) is 3.87. The van der Waals surface area contributed by atoms with Crippen molar-refractivity contribution in [2.24, 2.45) is 0 Å². The van der Waals surface area contributed by atoms with Crippen molar-refractivity contribution >= 4 is 27.5 Å². The second-order valence-electron chi connectivity index (χ2n) is 4.68. The van der Waals surface area contributed by atoms with E-state index in [-0.39, 0.29) is 5.91 Å². The quantitative estimate of drug-likeness (QED) is 0.806. The number of anilines is 1. The summed E-state index contributed by atoms with van der Waals surface area (Å²) in [7, 11) is 1.79. The lowest BCUT2D eigenvalue weighted by atomic mass is 10.1. The minimum absolute atomic E-state index is 0.0178. The Morgan fingerprint density at radius 1 is 1.00 bits per heavy atom. The Bertz CT molecular complexity index is 605. The van der Waals surface area contributed by atoms with Gasteiger partial charge < -0.3 is 4.90 Å². The molecule has 0 aliphatic heterocycles. The summed E-state index contributed by atoms with van der Waals surface area (Å²) in [6.45, 7) is 4.03. The van der Waals surface area contributed by atoms with E-state index in [4.69, 9.17) is 0 Å². The van der Waals surface area contributed by atoms with Crippen molar-refractivity contribution < 1.29 is 4.79 Å².